The molecule has 0 aliphatic carbocycles. The number of rotatable bonds is 7. The highest BCUT2D eigenvalue weighted by Gasteiger charge is 2.05. The molecule has 1 heterocycles. The van der Waals surface area contributed by atoms with Gasteiger partial charge >= 0.3 is 0 Å². The molecule has 0 spiro atoms. The Labute approximate surface area is 116 Å². The first-order chi connectivity index (χ1) is 9.69. The Kier molecular flexibility index (Phi) is 4.80. The Morgan fingerprint density at radius 3 is 2.90 bits per heavy atom. The molecule has 0 saturated heterocycles. The van der Waals surface area contributed by atoms with E-state index in [4.69, 9.17) is 5.11 Å². The summed E-state index contributed by atoms with van der Waals surface area (Å²) in [6, 6.07) is 6.55. The Morgan fingerprint density at radius 1 is 1.35 bits per heavy atom. The zero-order valence-corrected chi connectivity index (χ0v) is 10.9. The van der Waals surface area contributed by atoms with E-state index < -0.39 is 4.92 Å². The fourth-order valence-electron chi connectivity index (χ4n) is 1.85. The van der Waals surface area contributed by atoms with Gasteiger partial charge in [0, 0.05) is 37.0 Å². The number of aromatic nitrogens is 2. The molecule has 20 heavy (non-hydrogen) atoms. The van der Waals surface area contributed by atoms with Crippen molar-refractivity contribution in [1.29, 1.82) is 0 Å². The summed E-state index contributed by atoms with van der Waals surface area (Å²) < 4.78 is 1.67. The van der Waals surface area contributed by atoms with Gasteiger partial charge in [-0.3, -0.25) is 14.8 Å². The number of aliphatic hydroxyl groups excluding tert-OH is 1. The molecule has 0 atom stereocenters. The van der Waals surface area contributed by atoms with Crippen LogP contribution in [0.15, 0.2) is 36.7 Å². The smallest absolute Gasteiger partial charge is 0.269 e. The van der Waals surface area contributed by atoms with E-state index in [2.05, 4.69) is 10.4 Å². The number of nitrogens with one attached hydrogen (secondary N) is 1. The normalized spacial score (nSPS) is 10.7. The Hall–Kier alpha value is -2.25. The number of nitro groups is 1. The molecule has 7 nitrogen and oxygen atoms in total. The maximum absolute atomic E-state index is 10.7. The van der Waals surface area contributed by atoms with Gasteiger partial charge in [0.05, 0.1) is 24.3 Å². The second-order valence-corrected chi connectivity index (χ2v) is 4.37. The fourth-order valence-corrected chi connectivity index (χ4v) is 1.85. The number of aliphatic hydroxyl groups is 1. The van der Waals surface area contributed by atoms with Gasteiger partial charge in [0.1, 0.15) is 0 Å². The summed E-state index contributed by atoms with van der Waals surface area (Å²) in [5, 5.41) is 26.8. The third kappa shape index (κ3) is 3.87. The molecular weight excluding hydrogens is 260 g/mol. The number of nitro benzene ring substituents is 1. The van der Waals surface area contributed by atoms with Crippen LogP contribution in [0.1, 0.15) is 11.1 Å². The van der Waals surface area contributed by atoms with Crippen LogP contribution in [0.25, 0.3) is 0 Å². The van der Waals surface area contributed by atoms with Gasteiger partial charge in [0.15, 0.2) is 0 Å². The van der Waals surface area contributed by atoms with Crippen molar-refractivity contribution in [3.05, 3.63) is 57.9 Å². The van der Waals surface area contributed by atoms with Crippen molar-refractivity contribution in [3.63, 3.8) is 0 Å². The Bertz CT molecular complexity index is 583. The lowest BCUT2D eigenvalue weighted by Crippen LogP contribution is -2.12. The first-order valence-corrected chi connectivity index (χ1v) is 6.25. The van der Waals surface area contributed by atoms with Crippen LogP contribution < -0.4 is 5.32 Å². The highest BCUT2D eigenvalue weighted by Crippen LogP contribution is 2.12. The molecule has 0 saturated carbocycles. The van der Waals surface area contributed by atoms with Crippen LogP contribution in [0.5, 0.6) is 0 Å². The van der Waals surface area contributed by atoms with Crippen molar-refractivity contribution in [3.8, 4) is 0 Å². The molecule has 1 aromatic heterocycles. The van der Waals surface area contributed by atoms with Gasteiger partial charge in [-0.05, 0) is 5.56 Å². The number of hydrogen-bond acceptors (Lipinski definition) is 5. The number of hydrogen-bond donors (Lipinski definition) is 2. The predicted molar refractivity (Wildman–Crippen MR) is 73.0 cm³/mol. The summed E-state index contributed by atoms with van der Waals surface area (Å²) in [6.07, 6.45) is 3.59. The summed E-state index contributed by atoms with van der Waals surface area (Å²) in [7, 11) is 0. The van der Waals surface area contributed by atoms with E-state index in [1.807, 2.05) is 12.3 Å². The SMILES string of the molecule is O=[N+]([O-])c1cccc(CNCc2cnn(CCO)c2)c1. The third-order valence-electron chi connectivity index (χ3n) is 2.80. The number of non-ortho nitro benzene ring substituents is 1. The molecule has 2 N–H and O–H groups in total. The van der Waals surface area contributed by atoms with Crippen LogP contribution in [-0.2, 0) is 19.6 Å². The van der Waals surface area contributed by atoms with Crippen molar-refractivity contribution in [1.82, 2.24) is 15.1 Å². The first-order valence-electron chi connectivity index (χ1n) is 6.25. The van der Waals surface area contributed by atoms with E-state index in [0.29, 0.717) is 19.6 Å². The molecule has 2 rings (SSSR count). The van der Waals surface area contributed by atoms with Crippen LogP contribution in [0.2, 0.25) is 0 Å². The minimum atomic E-state index is -0.400. The van der Waals surface area contributed by atoms with E-state index >= 15 is 0 Å². The zero-order chi connectivity index (χ0) is 14.4. The maximum Gasteiger partial charge on any atom is 0.269 e. The molecule has 1 aromatic carbocycles. The predicted octanol–water partition coefficient (Wildman–Crippen LogP) is 1.07. The molecule has 106 valence electrons. The quantitative estimate of drug-likeness (QED) is 0.583. The monoisotopic (exact) mass is 276 g/mol. The van der Waals surface area contributed by atoms with E-state index in [0.717, 1.165) is 11.1 Å². The molecule has 7 heteroatoms. The van der Waals surface area contributed by atoms with E-state index in [9.17, 15) is 10.1 Å². The van der Waals surface area contributed by atoms with Crippen LogP contribution in [0.4, 0.5) is 5.69 Å². The zero-order valence-electron chi connectivity index (χ0n) is 10.9. The Balaban J connectivity index is 1.85. The van der Waals surface area contributed by atoms with E-state index in [1.165, 1.54) is 6.07 Å². The van der Waals surface area contributed by atoms with Gasteiger partial charge in [-0.1, -0.05) is 12.1 Å². The van der Waals surface area contributed by atoms with E-state index in [-0.39, 0.29) is 12.3 Å². The number of nitrogens with zero attached hydrogens (tertiary/aromatic N) is 3. The van der Waals surface area contributed by atoms with Gasteiger partial charge in [0.25, 0.3) is 5.69 Å². The van der Waals surface area contributed by atoms with Crippen molar-refractivity contribution < 1.29 is 10.0 Å². The second kappa shape index (κ2) is 6.78. The van der Waals surface area contributed by atoms with Crippen LogP contribution >= 0.6 is 0 Å². The maximum atomic E-state index is 10.7. The minimum absolute atomic E-state index is 0.0578. The highest BCUT2D eigenvalue weighted by molar-refractivity contribution is 5.34. The van der Waals surface area contributed by atoms with Crippen molar-refractivity contribution in [2.45, 2.75) is 19.6 Å². The highest BCUT2D eigenvalue weighted by atomic mass is 16.6. The standard InChI is InChI=1S/C13H16N4O3/c18-5-4-16-10-12(9-15-16)8-14-7-11-2-1-3-13(6-11)17(19)20/h1-3,6,9-10,14,18H,4-5,7-8H2. The molecule has 0 fully saturated rings. The largest absolute Gasteiger partial charge is 0.394 e. The van der Waals surface area contributed by atoms with Gasteiger partial charge in [-0.15, -0.1) is 0 Å². The Morgan fingerprint density at radius 2 is 2.15 bits per heavy atom. The molecule has 0 aliphatic rings. The molecule has 0 aliphatic heterocycles. The summed E-state index contributed by atoms with van der Waals surface area (Å²) in [5.41, 5.74) is 1.96. The van der Waals surface area contributed by atoms with Crippen molar-refractivity contribution in [2.75, 3.05) is 6.61 Å². The summed E-state index contributed by atoms with van der Waals surface area (Å²) >= 11 is 0. The fraction of sp³-hybridized carbons (Fsp3) is 0.308. The third-order valence-corrected chi connectivity index (χ3v) is 2.80. The van der Waals surface area contributed by atoms with Crippen molar-refractivity contribution >= 4 is 5.69 Å². The lowest BCUT2D eigenvalue weighted by molar-refractivity contribution is -0.384. The second-order valence-electron chi connectivity index (χ2n) is 4.37. The van der Waals surface area contributed by atoms with Crippen LogP contribution in [0, 0.1) is 10.1 Å². The summed E-state index contributed by atoms with van der Waals surface area (Å²) in [5.74, 6) is 0. The van der Waals surface area contributed by atoms with Gasteiger partial charge in [-0.2, -0.15) is 5.10 Å². The van der Waals surface area contributed by atoms with E-state index in [1.54, 1.807) is 23.0 Å². The van der Waals surface area contributed by atoms with Crippen molar-refractivity contribution in [2.24, 2.45) is 0 Å². The topological polar surface area (TPSA) is 93.2 Å². The van der Waals surface area contributed by atoms with Crippen LogP contribution in [0.3, 0.4) is 0 Å². The number of benzene rings is 1. The average Bonchev–Trinajstić information content (AvgIpc) is 2.87. The minimum Gasteiger partial charge on any atom is -0.394 e. The van der Waals surface area contributed by atoms with Gasteiger partial charge in [-0.25, -0.2) is 0 Å². The molecular formula is C13H16N4O3. The molecule has 0 bridgehead atoms. The van der Waals surface area contributed by atoms with Gasteiger partial charge in [0.2, 0.25) is 0 Å². The molecule has 0 unspecified atom stereocenters. The summed E-state index contributed by atoms with van der Waals surface area (Å²) in [6.45, 7) is 1.70. The first kappa shape index (κ1) is 14.2. The molecule has 0 radical (unpaired) electrons. The summed E-state index contributed by atoms with van der Waals surface area (Å²) in [4.78, 5) is 10.3. The molecule has 2 aromatic rings. The van der Waals surface area contributed by atoms with Crippen LogP contribution in [-0.4, -0.2) is 26.4 Å². The van der Waals surface area contributed by atoms with Gasteiger partial charge < -0.3 is 10.4 Å². The lowest BCUT2D eigenvalue weighted by atomic mass is 10.2. The average molecular weight is 276 g/mol. The molecule has 0 amide bonds. The lowest BCUT2D eigenvalue weighted by Gasteiger charge is -2.03.